The predicted molar refractivity (Wildman–Crippen MR) is 99.0 cm³/mol. The van der Waals surface area contributed by atoms with Crippen LogP contribution in [0.1, 0.15) is 27.3 Å². The van der Waals surface area contributed by atoms with E-state index < -0.39 is 0 Å². The molecule has 25 heavy (non-hydrogen) atoms. The summed E-state index contributed by atoms with van der Waals surface area (Å²) in [4.78, 5) is 15.4. The zero-order valence-corrected chi connectivity index (χ0v) is 15.4. The van der Waals surface area contributed by atoms with E-state index in [1.54, 1.807) is 12.1 Å². The number of H-pyrrole nitrogens is 1. The van der Waals surface area contributed by atoms with Crippen LogP contribution in [0.5, 0.6) is 0 Å². The van der Waals surface area contributed by atoms with Crippen molar-refractivity contribution in [2.75, 3.05) is 11.1 Å². The van der Waals surface area contributed by atoms with Crippen LogP contribution < -0.4 is 5.32 Å². The number of aromatic nitrogens is 3. The summed E-state index contributed by atoms with van der Waals surface area (Å²) in [6.45, 7) is 4.37. The SMILES string of the molecule is Cc1cc(C(=O)CSc2nnc(NCc3ccc(F)cc3)s2)c(C)[nH]1. The molecular formula is C17H17FN4OS2. The molecule has 0 saturated carbocycles. The number of carbonyl (C=O) groups is 1. The van der Waals surface area contributed by atoms with Crippen LogP contribution in [0, 0.1) is 19.7 Å². The highest BCUT2D eigenvalue weighted by atomic mass is 32.2. The van der Waals surface area contributed by atoms with E-state index in [1.165, 1.54) is 35.2 Å². The van der Waals surface area contributed by atoms with Crippen molar-refractivity contribution >= 4 is 34.0 Å². The van der Waals surface area contributed by atoms with Crippen LogP contribution in [0.15, 0.2) is 34.7 Å². The molecule has 0 unspecified atom stereocenters. The summed E-state index contributed by atoms with van der Waals surface area (Å²) < 4.78 is 13.6. The minimum Gasteiger partial charge on any atom is -0.362 e. The lowest BCUT2D eigenvalue weighted by molar-refractivity contribution is 0.102. The van der Waals surface area contributed by atoms with E-state index in [9.17, 15) is 9.18 Å². The number of Topliss-reactive ketones (excluding diaryl/α,β-unsaturated/α-hetero) is 1. The molecule has 0 bridgehead atoms. The molecule has 3 aromatic rings. The molecule has 0 fully saturated rings. The Balaban J connectivity index is 1.52. The quantitative estimate of drug-likeness (QED) is 0.477. The first-order valence-corrected chi connectivity index (χ1v) is 9.45. The molecule has 5 nitrogen and oxygen atoms in total. The Morgan fingerprint density at radius 2 is 2.04 bits per heavy atom. The van der Waals surface area contributed by atoms with Crippen molar-refractivity contribution < 1.29 is 9.18 Å². The van der Waals surface area contributed by atoms with Crippen LogP contribution in [0.3, 0.4) is 0 Å². The zero-order valence-electron chi connectivity index (χ0n) is 13.8. The summed E-state index contributed by atoms with van der Waals surface area (Å²) in [5.74, 6) is 0.142. The van der Waals surface area contributed by atoms with Gasteiger partial charge < -0.3 is 10.3 Å². The molecule has 0 aliphatic carbocycles. The van der Waals surface area contributed by atoms with E-state index >= 15 is 0 Å². The first-order valence-electron chi connectivity index (χ1n) is 7.65. The first kappa shape index (κ1) is 17.6. The average molecular weight is 376 g/mol. The van der Waals surface area contributed by atoms with Gasteiger partial charge in [0.25, 0.3) is 0 Å². The zero-order chi connectivity index (χ0) is 17.8. The fourth-order valence-electron chi connectivity index (χ4n) is 2.34. The molecule has 2 aromatic heterocycles. The molecule has 0 atom stereocenters. The van der Waals surface area contributed by atoms with Crippen LogP contribution in [0.4, 0.5) is 9.52 Å². The fraction of sp³-hybridized carbons (Fsp3) is 0.235. The smallest absolute Gasteiger partial charge is 0.206 e. The Morgan fingerprint density at radius 1 is 1.28 bits per heavy atom. The van der Waals surface area contributed by atoms with Gasteiger partial charge in [0.1, 0.15) is 5.82 Å². The highest BCUT2D eigenvalue weighted by molar-refractivity contribution is 8.01. The highest BCUT2D eigenvalue weighted by Gasteiger charge is 2.13. The third kappa shape index (κ3) is 4.67. The molecule has 0 radical (unpaired) electrons. The normalized spacial score (nSPS) is 10.8. The summed E-state index contributed by atoms with van der Waals surface area (Å²) in [7, 11) is 0. The van der Waals surface area contributed by atoms with Gasteiger partial charge in [-0.25, -0.2) is 4.39 Å². The lowest BCUT2D eigenvalue weighted by Crippen LogP contribution is -2.02. The molecule has 0 spiro atoms. The third-order valence-electron chi connectivity index (χ3n) is 3.54. The Labute approximate surface area is 153 Å². The monoisotopic (exact) mass is 376 g/mol. The van der Waals surface area contributed by atoms with Gasteiger partial charge in [-0.3, -0.25) is 4.79 Å². The van der Waals surface area contributed by atoms with Crippen molar-refractivity contribution in [3.63, 3.8) is 0 Å². The number of nitrogens with zero attached hydrogens (tertiary/aromatic N) is 2. The van der Waals surface area contributed by atoms with Crippen molar-refractivity contribution in [3.8, 4) is 0 Å². The van der Waals surface area contributed by atoms with Crippen molar-refractivity contribution in [2.45, 2.75) is 24.7 Å². The molecule has 1 aromatic carbocycles. The molecule has 3 rings (SSSR count). The van der Waals surface area contributed by atoms with Crippen LogP contribution in [-0.2, 0) is 6.54 Å². The van der Waals surface area contributed by atoms with E-state index in [1.807, 2.05) is 19.9 Å². The standard InChI is InChI=1S/C17H17FN4OS2/c1-10-7-14(11(2)20-10)15(23)9-24-17-22-21-16(25-17)19-8-12-3-5-13(18)6-4-12/h3-7,20H,8-9H2,1-2H3,(H,19,21). The molecule has 0 aliphatic rings. The van der Waals surface area contributed by atoms with Gasteiger partial charge in [0.15, 0.2) is 10.1 Å². The van der Waals surface area contributed by atoms with E-state index in [0.717, 1.165) is 26.9 Å². The Hall–Kier alpha value is -2.19. The Kier molecular flexibility index (Phi) is 5.50. The molecule has 0 saturated heterocycles. The van der Waals surface area contributed by atoms with Crippen LogP contribution in [0.2, 0.25) is 0 Å². The maximum absolute atomic E-state index is 12.9. The maximum atomic E-state index is 12.9. The number of halogens is 1. The number of aryl methyl sites for hydroxylation is 2. The number of rotatable bonds is 7. The largest absolute Gasteiger partial charge is 0.362 e. The summed E-state index contributed by atoms with van der Waals surface area (Å²) in [5.41, 5.74) is 3.56. The molecule has 2 N–H and O–H groups in total. The molecular weight excluding hydrogens is 359 g/mol. The molecule has 130 valence electrons. The minimum atomic E-state index is -0.254. The van der Waals surface area contributed by atoms with Crippen molar-refractivity contribution in [2.24, 2.45) is 0 Å². The molecule has 2 heterocycles. The van der Waals surface area contributed by atoms with Gasteiger partial charge >= 0.3 is 0 Å². The number of anilines is 1. The van der Waals surface area contributed by atoms with Gasteiger partial charge in [-0.1, -0.05) is 35.2 Å². The second kappa shape index (κ2) is 7.79. The molecule has 8 heteroatoms. The Bertz CT molecular complexity index is 873. The predicted octanol–water partition coefficient (Wildman–Crippen LogP) is 4.21. The summed E-state index contributed by atoms with van der Waals surface area (Å²) in [5, 5.41) is 12.0. The average Bonchev–Trinajstić information content (AvgIpc) is 3.18. The van der Waals surface area contributed by atoms with Gasteiger partial charge in [-0.05, 0) is 37.6 Å². The van der Waals surface area contributed by atoms with E-state index in [-0.39, 0.29) is 11.6 Å². The lowest BCUT2D eigenvalue weighted by atomic mass is 10.2. The van der Waals surface area contributed by atoms with Gasteiger partial charge in [-0.2, -0.15) is 0 Å². The molecule has 0 aliphatic heterocycles. The molecule has 0 amide bonds. The van der Waals surface area contributed by atoms with Gasteiger partial charge in [0.05, 0.1) is 5.75 Å². The number of aromatic amines is 1. The number of hydrogen-bond acceptors (Lipinski definition) is 6. The Morgan fingerprint density at radius 3 is 2.72 bits per heavy atom. The number of carbonyl (C=O) groups excluding carboxylic acids is 1. The van der Waals surface area contributed by atoms with Gasteiger partial charge in [0, 0.05) is 23.5 Å². The second-order valence-electron chi connectivity index (χ2n) is 5.56. The van der Waals surface area contributed by atoms with Crippen molar-refractivity contribution in [1.82, 2.24) is 15.2 Å². The summed E-state index contributed by atoms with van der Waals surface area (Å²) in [6, 6.07) is 8.16. The number of nitrogens with one attached hydrogen (secondary N) is 2. The highest BCUT2D eigenvalue weighted by Crippen LogP contribution is 2.27. The summed E-state index contributed by atoms with van der Waals surface area (Å²) >= 11 is 2.78. The number of thioether (sulfide) groups is 1. The van der Waals surface area contributed by atoms with Crippen LogP contribution in [-0.4, -0.2) is 26.7 Å². The lowest BCUT2D eigenvalue weighted by Gasteiger charge is -2.01. The number of ketones is 1. The van der Waals surface area contributed by atoms with Gasteiger partial charge in [-0.15, -0.1) is 10.2 Å². The topological polar surface area (TPSA) is 70.7 Å². The van der Waals surface area contributed by atoms with Gasteiger partial charge in [0.2, 0.25) is 5.13 Å². The number of benzene rings is 1. The minimum absolute atomic E-state index is 0.0721. The van der Waals surface area contributed by atoms with Crippen molar-refractivity contribution in [3.05, 3.63) is 58.7 Å². The maximum Gasteiger partial charge on any atom is 0.206 e. The second-order valence-corrected chi connectivity index (χ2v) is 7.76. The summed E-state index contributed by atoms with van der Waals surface area (Å²) in [6.07, 6.45) is 0. The fourth-order valence-corrected chi connectivity index (χ4v) is 3.97. The third-order valence-corrected chi connectivity index (χ3v) is 5.55. The van der Waals surface area contributed by atoms with E-state index in [0.29, 0.717) is 17.4 Å². The number of hydrogen-bond donors (Lipinski definition) is 2. The van der Waals surface area contributed by atoms with Crippen LogP contribution >= 0.6 is 23.1 Å². The van der Waals surface area contributed by atoms with E-state index in [4.69, 9.17) is 0 Å². The van der Waals surface area contributed by atoms with E-state index in [2.05, 4.69) is 20.5 Å². The van der Waals surface area contributed by atoms with Crippen LogP contribution in [0.25, 0.3) is 0 Å². The first-order chi connectivity index (χ1) is 12.0. The van der Waals surface area contributed by atoms with Crippen molar-refractivity contribution in [1.29, 1.82) is 0 Å².